The van der Waals surface area contributed by atoms with Gasteiger partial charge in [-0.1, -0.05) is 43.7 Å². The van der Waals surface area contributed by atoms with Crippen LogP contribution in [-0.2, 0) is 0 Å². The predicted octanol–water partition coefficient (Wildman–Crippen LogP) is 4.54. The normalized spacial score (nSPS) is 23.9. The Morgan fingerprint density at radius 1 is 1.15 bits per heavy atom. The molecule has 0 aliphatic heterocycles. The monoisotopic (exact) mass is 269 g/mol. The molecule has 0 amide bonds. The van der Waals surface area contributed by atoms with Crippen molar-refractivity contribution in [2.45, 2.75) is 44.7 Å². The molecule has 20 heavy (non-hydrogen) atoms. The highest BCUT2D eigenvalue weighted by molar-refractivity contribution is 5.26. The molecule has 1 N–H and O–H groups in total. The molecule has 1 fully saturated rings. The van der Waals surface area contributed by atoms with Crippen LogP contribution in [-0.4, -0.2) is 6.04 Å². The molecule has 1 saturated carbocycles. The van der Waals surface area contributed by atoms with E-state index in [4.69, 9.17) is 4.42 Å². The maximum Gasteiger partial charge on any atom is 0.125 e. The van der Waals surface area contributed by atoms with Crippen molar-refractivity contribution >= 4 is 0 Å². The largest absolute Gasteiger partial charge is 0.467 e. The number of hydrogen-bond donors (Lipinski definition) is 1. The Hall–Kier alpha value is -1.54. The van der Waals surface area contributed by atoms with Crippen LogP contribution >= 0.6 is 0 Å². The van der Waals surface area contributed by atoms with Gasteiger partial charge in [0.05, 0.1) is 12.3 Å². The highest BCUT2D eigenvalue weighted by atomic mass is 16.3. The third-order valence-corrected chi connectivity index (χ3v) is 4.48. The van der Waals surface area contributed by atoms with Crippen molar-refractivity contribution < 1.29 is 4.42 Å². The van der Waals surface area contributed by atoms with Crippen LogP contribution in [0.2, 0.25) is 0 Å². The highest BCUT2D eigenvalue weighted by Gasteiger charge is 2.27. The number of hydrogen-bond acceptors (Lipinski definition) is 2. The van der Waals surface area contributed by atoms with Gasteiger partial charge in [0.1, 0.15) is 5.76 Å². The average molecular weight is 269 g/mol. The SMILES string of the molecule is CCC1CCC(NC(c2ccccc2)c2ccco2)C1. The molecule has 2 aromatic rings. The van der Waals surface area contributed by atoms with Gasteiger partial charge in [-0.2, -0.15) is 0 Å². The standard InChI is InChI=1S/C18H23NO/c1-2-14-10-11-16(13-14)19-18(17-9-6-12-20-17)15-7-4-3-5-8-15/h3-9,12,14,16,18-19H,2,10-11,13H2,1H3. The lowest BCUT2D eigenvalue weighted by Crippen LogP contribution is -2.31. The van der Waals surface area contributed by atoms with Crippen molar-refractivity contribution in [2.24, 2.45) is 5.92 Å². The van der Waals surface area contributed by atoms with Gasteiger partial charge in [0, 0.05) is 6.04 Å². The topological polar surface area (TPSA) is 25.2 Å². The van der Waals surface area contributed by atoms with Gasteiger partial charge in [0.25, 0.3) is 0 Å². The smallest absolute Gasteiger partial charge is 0.125 e. The lowest BCUT2D eigenvalue weighted by molar-refractivity contribution is 0.396. The number of furan rings is 1. The molecular weight excluding hydrogens is 246 g/mol. The van der Waals surface area contributed by atoms with E-state index in [1.807, 2.05) is 6.07 Å². The van der Waals surface area contributed by atoms with E-state index in [-0.39, 0.29) is 6.04 Å². The Kier molecular flexibility index (Phi) is 4.22. The Morgan fingerprint density at radius 3 is 2.65 bits per heavy atom. The van der Waals surface area contributed by atoms with Crippen LogP contribution in [0.3, 0.4) is 0 Å². The van der Waals surface area contributed by atoms with E-state index in [0.717, 1.165) is 11.7 Å². The Balaban J connectivity index is 1.77. The minimum absolute atomic E-state index is 0.173. The van der Waals surface area contributed by atoms with Crippen LogP contribution in [0.5, 0.6) is 0 Å². The molecule has 106 valence electrons. The highest BCUT2D eigenvalue weighted by Crippen LogP contribution is 2.31. The molecule has 2 nitrogen and oxygen atoms in total. The van der Waals surface area contributed by atoms with E-state index in [9.17, 15) is 0 Å². The van der Waals surface area contributed by atoms with E-state index in [1.165, 1.54) is 31.2 Å². The summed E-state index contributed by atoms with van der Waals surface area (Å²) in [5.41, 5.74) is 1.28. The second kappa shape index (κ2) is 6.27. The van der Waals surface area contributed by atoms with Crippen LogP contribution in [0, 0.1) is 5.92 Å². The summed E-state index contributed by atoms with van der Waals surface area (Å²) >= 11 is 0. The fourth-order valence-electron chi connectivity index (χ4n) is 3.28. The minimum atomic E-state index is 0.173. The second-order valence-electron chi connectivity index (χ2n) is 5.81. The van der Waals surface area contributed by atoms with E-state index in [0.29, 0.717) is 6.04 Å². The van der Waals surface area contributed by atoms with Crippen molar-refractivity contribution in [1.29, 1.82) is 0 Å². The van der Waals surface area contributed by atoms with Gasteiger partial charge >= 0.3 is 0 Å². The lowest BCUT2D eigenvalue weighted by atomic mass is 10.0. The van der Waals surface area contributed by atoms with Gasteiger partial charge in [-0.05, 0) is 42.9 Å². The Bertz CT molecular complexity index is 505. The fourth-order valence-corrected chi connectivity index (χ4v) is 3.28. The first-order chi connectivity index (χ1) is 9.86. The summed E-state index contributed by atoms with van der Waals surface area (Å²) < 4.78 is 5.65. The average Bonchev–Trinajstić information content (AvgIpc) is 3.17. The number of rotatable bonds is 5. The Morgan fingerprint density at radius 2 is 2.00 bits per heavy atom. The van der Waals surface area contributed by atoms with Gasteiger partial charge in [0.2, 0.25) is 0 Å². The van der Waals surface area contributed by atoms with Crippen LogP contribution in [0.4, 0.5) is 0 Å². The fraction of sp³-hybridized carbons (Fsp3) is 0.444. The number of nitrogens with one attached hydrogen (secondary N) is 1. The van der Waals surface area contributed by atoms with Crippen molar-refractivity contribution in [3.8, 4) is 0 Å². The molecule has 0 spiro atoms. The maximum absolute atomic E-state index is 5.65. The van der Waals surface area contributed by atoms with Crippen LogP contribution < -0.4 is 5.32 Å². The molecule has 0 saturated heterocycles. The molecule has 3 rings (SSSR count). The van der Waals surface area contributed by atoms with Crippen LogP contribution in [0.1, 0.15) is 50.0 Å². The van der Waals surface area contributed by atoms with Crippen molar-refractivity contribution in [3.05, 3.63) is 60.1 Å². The molecule has 1 aliphatic carbocycles. The maximum atomic E-state index is 5.65. The molecule has 3 unspecified atom stereocenters. The van der Waals surface area contributed by atoms with Gasteiger partial charge in [-0.25, -0.2) is 0 Å². The van der Waals surface area contributed by atoms with Gasteiger partial charge < -0.3 is 9.73 Å². The molecule has 1 aromatic heterocycles. The summed E-state index contributed by atoms with van der Waals surface area (Å²) in [5, 5.41) is 3.81. The van der Waals surface area contributed by atoms with E-state index >= 15 is 0 Å². The summed E-state index contributed by atoms with van der Waals surface area (Å²) in [6.07, 6.45) is 6.99. The third-order valence-electron chi connectivity index (χ3n) is 4.48. The van der Waals surface area contributed by atoms with E-state index in [1.54, 1.807) is 6.26 Å². The summed E-state index contributed by atoms with van der Waals surface area (Å²) in [6, 6.07) is 15.4. The first-order valence-electron chi connectivity index (χ1n) is 7.71. The molecule has 3 atom stereocenters. The van der Waals surface area contributed by atoms with Crippen molar-refractivity contribution in [2.75, 3.05) is 0 Å². The summed E-state index contributed by atoms with van der Waals surface area (Å²) in [4.78, 5) is 0. The van der Waals surface area contributed by atoms with E-state index in [2.05, 4.69) is 48.6 Å². The third kappa shape index (κ3) is 2.96. The molecular formula is C18H23NO. The van der Waals surface area contributed by atoms with Gasteiger partial charge in [-0.15, -0.1) is 0 Å². The van der Waals surface area contributed by atoms with Crippen LogP contribution in [0.15, 0.2) is 53.1 Å². The lowest BCUT2D eigenvalue weighted by Gasteiger charge is -2.22. The van der Waals surface area contributed by atoms with E-state index < -0.39 is 0 Å². The molecule has 1 heterocycles. The zero-order valence-corrected chi connectivity index (χ0v) is 12.1. The first-order valence-corrected chi connectivity index (χ1v) is 7.71. The number of benzene rings is 1. The summed E-state index contributed by atoms with van der Waals surface area (Å²) in [6.45, 7) is 2.30. The predicted molar refractivity (Wildman–Crippen MR) is 81.5 cm³/mol. The first kappa shape index (κ1) is 13.4. The Labute approximate surface area is 121 Å². The molecule has 2 heteroatoms. The quantitative estimate of drug-likeness (QED) is 0.862. The molecule has 1 aromatic carbocycles. The zero-order valence-electron chi connectivity index (χ0n) is 12.1. The summed E-state index contributed by atoms with van der Waals surface area (Å²) in [7, 11) is 0. The van der Waals surface area contributed by atoms with Crippen molar-refractivity contribution in [1.82, 2.24) is 5.32 Å². The minimum Gasteiger partial charge on any atom is -0.467 e. The van der Waals surface area contributed by atoms with Gasteiger partial charge in [0.15, 0.2) is 0 Å². The molecule has 1 aliphatic rings. The van der Waals surface area contributed by atoms with Crippen molar-refractivity contribution in [3.63, 3.8) is 0 Å². The molecule has 0 radical (unpaired) electrons. The van der Waals surface area contributed by atoms with Crippen LogP contribution in [0.25, 0.3) is 0 Å². The molecule has 0 bridgehead atoms. The zero-order chi connectivity index (χ0) is 13.8. The van der Waals surface area contributed by atoms with Gasteiger partial charge in [-0.3, -0.25) is 0 Å². The second-order valence-corrected chi connectivity index (χ2v) is 5.81. The summed E-state index contributed by atoms with van der Waals surface area (Å²) in [5.74, 6) is 1.90.